The molecule has 2 aromatic carbocycles. The van der Waals surface area contributed by atoms with Crippen LogP contribution in [0.3, 0.4) is 0 Å². The van der Waals surface area contributed by atoms with Gasteiger partial charge in [-0.25, -0.2) is 4.98 Å². The zero-order valence-corrected chi connectivity index (χ0v) is 16.1. The van der Waals surface area contributed by atoms with Crippen LogP contribution in [0.15, 0.2) is 42.5 Å². The van der Waals surface area contributed by atoms with Crippen molar-refractivity contribution in [2.45, 2.75) is 6.92 Å². The Morgan fingerprint density at radius 1 is 1.12 bits per heavy atom. The minimum absolute atomic E-state index is 0.0608. The van der Waals surface area contributed by atoms with Crippen LogP contribution < -0.4 is 4.90 Å². The molecule has 0 N–H and O–H groups in total. The van der Waals surface area contributed by atoms with Gasteiger partial charge in [0, 0.05) is 23.7 Å². The molecule has 3 rings (SSSR count). The summed E-state index contributed by atoms with van der Waals surface area (Å²) in [7, 11) is 3.99. The maximum absolute atomic E-state index is 13.0. The van der Waals surface area contributed by atoms with Crippen molar-refractivity contribution in [1.29, 1.82) is 0 Å². The van der Waals surface area contributed by atoms with Crippen molar-refractivity contribution < 1.29 is 4.79 Å². The molecule has 0 saturated heterocycles. The Morgan fingerprint density at radius 2 is 1.84 bits per heavy atom. The van der Waals surface area contributed by atoms with Gasteiger partial charge >= 0.3 is 0 Å². The third-order valence-electron chi connectivity index (χ3n) is 3.87. The zero-order valence-electron chi connectivity index (χ0n) is 14.5. The van der Waals surface area contributed by atoms with Crippen molar-refractivity contribution in [3.8, 4) is 0 Å². The number of nitrogens with zero attached hydrogens (tertiary/aromatic N) is 3. The van der Waals surface area contributed by atoms with E-state index in [9.17, 15) is 4.79 Å². The third kappa shape index (κ3) is 4.18. The van der Waals surface area contributed by atoms with Gasteiger partial charge in [-0.2, -0.15) is 0 Å². The first-order valence-electron chi connectivity index (χ1n) is 8.03. The molecule has 0 aliphatic heterocycles. The minimum Gasteiger partial charge on any atom is -0.308 e. The highest BCUT2D eigenvalue weighted by molar-refractivity contribution is 7.22. The number of rotatable bonds is 5. The van der Waals surface area contributed by atoms with Gasteiger partial charge in [-0.15, -0.1) is 0 Å². The summed E-state index contributed by atoms with van der Waals surface area (Å²) in [5, 5.41) is 1.34. The summed E-state index contributed by atoms with van der Waals surface area (Å²) >= 11 is 7.49. The van der Waals surface area contributed by atoms with Crippen LogP contribution >= 0.6 is 22.9 Å². The second-order valence-electron chi connectivity index (χ2n) is 6.23. The number of carbonyl (C=O) groups excluding carboxylic acids is 1. The molecule has 0 radical (unpaired) electrons. The highest BCUT2D eigenvalue weighted by atomic mass is 35.5. The summed E-state index contributed by atoms with van der Waals surface area (Å²) in [6.45, 7) is 3.39. The molecule has 0 atom stereocenters. The Morgan fingerprint density at radius 3 is 2.52 bits per heavy atom. The van der Waals surface area contributed by atoms with E-state index in [0.29, 0.717) is 17.1 Å². The molecule has 25 heavy (non-hydrogen) atoms. The molecule has 1 amide bonds. The maximum Gasteiger partial charge on any atom is 0.260 e. The van der Waals surface area contributed by atoms with Crippen molar-refractivity contribution in [3.05, 3.63) is 58.6 Å². The molecule has 0 bridgehead atoms. The maximum atomic E-state index is 13.0. The van der Waals surface area contributed by atoms with Gasteiger partial charge in [0.2, 0.25) is 0 Å². The molecule has 0 aliphatic rings. The summed E-state index contributed by atoms with van der Waals surface area (Å²) in [5.74, 6) is -0.0608. The molecule has 3 aromatic rings. The van der Waals surface area contributed by atoms with Gasteiger partial charge in [-0.3, -0.25) is 9.69 Å². The van der Waals surface area contributed by atoms with E-state index in [1.54, 1.807) is 40.5 Å². The third-order valence-corrected chi connectivity index (χ3v) is 5.16. The van der Waals surface area contributed by atoms with Crippen molar-refractivity contribution in [3.63, 3.8) is 0 Å². The number of aryl methyl sites for hydroxylation is 1. The number of hydrogen-bond donors (Lipinski definition) is 0. The second-order valence-corrected chi connectivity index (χ2v) is 7.68. The molecule has 130 valence electrons. The summed E-state index contributed by atoms with van der Waals surface area (Å²) in [4.78, 5) is 21.5. The Balaban J connectivity index is 1.97. The number of likely N-dealkylation sites (N-methyl/N-ethyl adjacent to an activating group) is 1. The topological polar surface area (TPSA) is 36.4 Å². The van der Waals surface area contributed by atoms with Crippen LogP contribution in [0, 0.1) is 6.92 Å². The molecule has 0 spiro atoms. The predicted octanol–water partition coefficient (Wildman–Crippen LogP) is 4.47. The monoisotopic (exact) mass is 373 g/mol. The van der Waals surface area contributed by atoms with E-state index in [0.717, 1.165) is 21.9 Å². The molecule has 6 heteroatoms. The van der Waals surface area contributed by atoms with E-state index in [4.69, 9.17) is 11.6 Å². The van der Waals surface area contributed by atoms with Gasteiger partial charge < -0.3 is 4.90 Å². The Hall–Kier alpha value is -1.95. The second kappa shape index (κ2) is 7.52. The lowest BCUT2D eigenvalue weighted by Crippen LogP contribution is -2.36. The summed E-state index contributed by atoms with van der Waals surface area (Å²) in [6, 6.07) is 13.1. The number of aromatic nitrogens is 1. The van der Waals surface area contributed by atoms with E-state index in [1.807, 2.05) is 26.2 Å². The minimum atomic E-state index is -0.0608. The van der Waals surface area contributed by atoms with Crippen molar-refractivity contribution >= 4 is 44.2 Å². The smallest absolute Gasteiger partial charge is 0.260 e. The van der Waals surface area contributed by atoms with Crippen LogP contribution in [-0.4, -0.2) is 43.0 Å². The average Bonchev–Trinajstić information content (AvgIpc) is 2.98. The number of carbonyl (C=O) groups is 1. The van der Waals surface area contributed by atoms with Crippen molar-refractivity contribution in [1.82, 2.24) is 9.88 Å². The van der Waals surface area contributed by atoms with Gasteiger partial charge in [-0.05, 0) is 63.0 Å². The van der Waals surface area contributed by atoms with Crippen LogP contribution in [-0.2, 0) is 0 Å². The van der Waals surface area contributed by atoms with E-state index in [-0.39, 0.29) is 5.91 Å². The highest BCUT2D eigenvalue weighted by Crippen LogP contribution is 2.30. The number of hydrogen-bond acceptors (Lipinski definition) is 4. The Bertz CT molecular complexity index is 889. The Labute approximate surface area is 156 Å². The number of amides is 1. The number of fused-ring (bicyclic) bond motifs is 1. The van der Waals surface area contributed by atoms with Crippen molar-refractivity contribution in [2.75, 3.05) is 32.1 Å². The van der Waals surface area contributed by atoms with Gasteiger partial charge in [0.05, 0.1) is 10.2 Å². The molecule has 0 fully saturated rings. The first kappa shape index (κ1) is 17.9. The van der Waals surface area contributed by atoms with Crippen LogP contribution in [0.2, 0.25) is 5.02 Å². The quantitative estimate of drug-likeness (QED) is 0.662. The lowest BCUT2D eigenvalue weighted by molar-refractivity contribution is 0.0985. The standard InChI is InChI=1S/C19H20ClN3OS/c1-13-4-9-16-17(12-13)25-19(21-16)23(11-10-22(2)3)18(24)14-5-7-15(20)8-6-14/h4-9,12H,10-11H2,1-3H3. The Kier molecular flexibility index (Phi) is 5.37. The summed E-state index contributed by atoms with van der Waals surface area (Å²) in [6.07, 6.45) is 0. The van der Waals surface area contributed by atoms with Gasteiger partial charge in [0.15, 0.2) is 5.13 Å². The number of halogens is 1. The molecule has 1 heterocycles. The van der Waals surface area contributed by atoms with Crippen LogP contribution in [0.5, 0.6) is 0 Å². The van der Waals surface area contributed by atoms with Gasteiger partial charge in [0.25, 0.3) is 5.91 Å². The van der Waals surface area contributed by atoms with Crippen molar-refractivity contribution in [2.24, 2.45) is 0 Å². The van der Waals surface area contributed by atoms with E-state index < -0.39 is 0 Å². The molecule has 4 nitrogen and oxygen atoms in total. The fourth-order valence-electron chi connectivity index (χ4n) is 2.47. The fraction of sp³-hybridized carbons (Fsp3) is 0.263. The summed E-state index contributed by atoms with van der Waals surface area (Å²) < 4.78 is 1.09. The van der Waals surface area contributed by atoms with E-state index >= 15 is 0 Å². The first-order valence-corrected chi connectivity index (χ1v) is 9.23. The van der Waals surface area contributed by atoms with E-state index in [1.165, 1.54) is 5.56 Å². The van der Waals surface area contributed by atoms with Gasteiger partial charge in [0.1, 0.15) is 0 Å². The lowest BCUT2D eigenvalue weighted by Gasteiger charge is -2.22. The highest BCUT2D eigenvalue weighted by Gasteiger charge is 2.21. The average molecular weight is 374 g/mol. The fourth-order valence-corrected chi connectivity index (χ4v) is 3.68. The molecular formula is C19H20ClN3OS. The molecule has 0 aliphatic carbocycles. The molecular weight excluding hydrogens is 354 g/mol. The summed E-state index contributed by atoms with van der Waals surface area (Å²) in [5.41, 5.74) is 2.72. The molecule has 1 aromatic heterocycles. The SMILES string of the molecule is Cc1ccc2nc(N(CCN(C)C)C(=O)c3ccc(Cl)cc3)sc2c1. The predicted molar refractivity (Wildman–Crippen MR) is 106 cm³/mol. The number of anilines is 1. The normalized spacial score (nSPS) is 11.2. The van der Waals surface area contributed by atoms with Crippen LogP contribution in [0.4, 0.5) is 5.13 Å². The molecule has 0 unspecified atom stereocenters. The molecule has 0 saturated carbocycles. The van der Waals surface area contributed by atoms with E-state index in [2.05, 4.69) is 22.9 Å². The first-order chi connectivity index (χ1) is 11.9. The lowest BCUT2D eigenvalue weighted by atomic mass is 10.2. The van der Waals surface area contributed by atoms with Gasteiger partial charge in [-0.1, -0.05) is 29.0 Å². The number of thiazole rings is 1. The number of benzene rings is 2. The largest absolute Gasteiger partial charge is 0.308 e. The van der Waals surface area contributed by atoms with Crippen LogP contribution in [0.25, 0.3) is 10.2 Å². The zero-order chi connectivity index (χ0) is 18.0. The van der Waals surface area contributed by atoms with Crippen LogP contribution in [0.1, 0.15) is 15.9 Å².